The molecule has 0 fully saturated rings. The fourth-order valence-electron chi connectivity index (χ4n) is 0.502. The lowest BCUT2D eigenvalue weighted by Gasteiger charge is -1.90. The van der Waals surface area contributed by atoms with E-state index in [4.69, 9.17) is 10.8 Å². The van der Waals surface area contributed by atoms with Gasteiger partial charge in [-0.05, 0) is 19.4 Å². The first-order valence-corrected chi connectivity index (χ1v) is 4.44. The highest BCUT2D eigenvalue weighted by Gasteiger charge is 1.95. The van der Waals surface area contributed by atoms with Crippen LogP contribution in [0.3, 0.4) is 0 Å². The molecule has 0 atom stereocenters. The van der Waals surface area contributed by atoms with Crippen molar-refractivity contribution in [2.45, 2.75) is 33.1 Å². The van der Waals surface area contributed by atoms with Crippen LogP contribution in [0.25, 0.3) is 0 Å². The van der Waals surface area contributed by atoms with E-state index in [9.17, 15) is 9.59 Å². The number of hydrogen-bond acceptors (Lipinski definition) is 4. The Morgan fingerprint density at radius 2 is 1.77 bits per heavy atom. The Kier molecular flexibility index (Phi) is 31.4. The third kappa shape index (κ3) is 24.6. The Balaban J connectivity index is -0.000000218. The van der Waals surface area contributed by atoms with E-state index in [0.29, 0.717) is 19.3 Å². The average molecular weight is 191 g/mol. The first-order valence-electron chi connectivity index (χ1n) is 4.44. The van der Waals surface area contributed by atoms with Gasteiger partial charge in [0.25, 0.3) is 0 Å². The monoisotopic (exact) mass is 191 g/mol. The van der Waals surface area contributed by atoms with Gasteiger partial charge in [-0.2, -0.15) is 0 Å². The van der Waals surface area contributed by atoms with Gasteiger partial charge in [0, 0.05) is 13.5 Å². The third-order valence-corrected chi connectivity index (χ3v) is 1.01. The van der Waals surface area contributed by atoms with Crippen LogP contribution in [-0.2, 0) is 9.59 Å². The second kappa shape index (κ2) is 22.5. The molecule has 0 aliphatic rings. The normalized spacial score (nSPS) is 7.15. The highest BCUT2D eigenvalue weighted by molar-refractivity contribution is 6.24. The lowest BCUT2D eigenvalue weighted by atomic mass is 10.2. The van der Waals surface area contributed by atoms with Gasteiger partial charge < -0.3 is 10.8 Å². The number of aliphatic hydroxyl groups is 1. The number of aldehydes is 1. The number of rotatable bonds is 5. The Bertz CT molecular complexity index is 105. The highest BCUT2D eigenvalue weighted by Crippen LogP contribution is 1.91. The number of Topliss-reactive ketones (excluding diaryl/α,β-unsaturated/α-hetero) is 1. The molecule has 0 aliphatic carbocycles. The molecule has 0 unspecified atom stereocenters. The minimum Gasteiger partial charge on any atom is -0.400 e. The van der Waals surface area contributed by atoms with Crippen molar-refractivity contribution in [2.75, 3.05) is 13.7 Å². The van der Waals surface area contributed by atoms with Gasteiger partial charge in [0.2, 0.25) is 0 Å². The Morgan fingerprint density at radius 3 is 2.08 bits per heavy atom. The molecular weight excluding hydrogens is 170 g/mol. The summed E-state index contributed by atoms with van der Waals surface area (Å²) < 4.78 is 0. The smallest absolute Gasteiger partial charge is 0.195 e. The molecule has 0 aromatic heterocycles. The molecule has 0 heterocycles. The molecule has 0 aliphatic heterocycles. The van der Waals surface area contributed by atoms with Crippen molar-refractivity contribution in [1.82, 2.24) is 0 Å². The summed E-state index contributed by atoms with van der Waals surface area (Å²) in [5.74, 6) is -0.330. The van der Waals surface area contributed by atoms with Crippen LogP contribution in [0, 0.1) is 0 Å². The zero-order valence-electron chi connectivity index (χ0n) is 8.75. The molecular formula is C9H21NO3. The first-order chi connectivity index (χ1) is 6.31. The molecule has 0 amide bonds. The molecule has 0 aromatic carbocycles. The summed E-state index contributed by atoms with van der Waals surface area (Å²) in [7, 11) is 1.00. The first kappa shape index (κ1) is 18.1. The zero-order chi connectivity index (χ0) is 11.1. The van der Waals surface area contributed by atoms with Crippen LogP contribution in [0.5, 0.6) is 0 Å². The molecule has 0 aromatic rings. The summed E-state index contributed by atoms with van der Waals surface area (Å²) >= 11 is 0. The van der Waals surface area contributed by atoms with Crippen LogP contribution in [0.15, 0.2) is 0 Å². The predicted octanol–water partition coefficient (Wildman–Crippen LogP) is 0.518. The summed E-state index contributed by atoms with van der Waals surface area (Å²) in [6.45, 7) is 4.59. The number of nitrogens with two attached hydrogens (primary N) is 1. The lowest BCUT2D eigenvalue weighted by Crippen LogP contribution is -2.02. The molecule has 3 N–H and O–H groups in total. The number of carbonyl (C=O) groups is 2. The van der Waals surface area contributed by atoms with Crippen LogP contribution in [0.2, 0.25) is 0 Å². The van der Waals surface area contributed by atoms with E-state index in [1.165, 1.54) is 0 Å². The van der Waals surface area contributed by atoms with Gasteiger partial charge in [-0.15, -0.1) is 0 Å². The molecule has 4 heteroatoms. The second-order valence-corrected chi connectivity index (χ2v) is 1.83. The quantitative estimate of drug-likeness (QED) is 0.377. The van der Waals surface area contributed by atoms with E-state index in [1.807, 2.05) is 13.8 Å². The molecule has 0 radical (unpaired) electrons. The Labute approximate surface area is 80.1 Å². The molecule has 0 saturated heterocycles. The van der Waals surface area contributed by atoms with Gasteiger partial charge >= 0.3 is 0 Å². The SMILES string of the molecule is CC.CO.NCCCCC(=O)C=O. The maximum atomic E-state index is 10.3. The summed E-state index contributed by atoms with van der Waals surface area (Å²) in [4.78, 5) is 20.0. The summed E-state index contributed by atoms with van der Waals surface area (Å²) in [5.41, 5.74) is 5.16. The van der Waals surface area contributed by atoms with Crippen molar-refractivity contribution in [3.63, 3.8) is 0 Å². The van der Waals surface area contributed by atoms with Gasteiger partial charge in [-0.3, -0.25) is 9.59 Å². The summed E-state index contributed by atoms with van der Waals surface area (Å²) in [6.07, 6.45) is 2.25. The Hall–Kier alpha value is -0.740. The van der Waals surface area contributed by atoms with Crippen molar-refractivity contribution in [3.8, 4) is 0 Å². The molecule has 0 rings (SSSR count). The highest BCUT2D eigenvalue weighted by atomic mass is 16.2. The van der Waals surface area contributed by atoms with Crippen molar-refractivity contribution in [2.24, 2.45) is 5.73 Å². The minimum absolute atomic E-state index is 0.330. The average Bonchev–Trinajstić information content (AvgIpc) is 2.24. The summed E-state index contributed by atoms with van der Waals surface area (Å²) in [5, 5.41) is 7.00. The molecule has 4 nitrogen and oxygen atoms in total. The van der Waals surface area contributed by atoms with Gasteiger partial charge in [0.15, 0.2) is 12.1 Å². The number of aliphatic hydroxyl groups excluding tert-OH is 1. The van der Waals surface area contributed by atoms with E-state index in [2.05, 4.69) is 0 Å². The minimum atomic E-state index is -0.330. The van der Waals surface area contributed by atoms with E-state index in [1.54, 1.807) is 0 Å². The zero-order valence-corrected chi connectivity index (χ0v) is 8.75. The molecule has 0 bridgehead atoms. The maximum absolute atomic E-state index is 10.3. The van der Waals surface area contributed by atoms with Gasteiger partial charge in [-0.1, -0.05) is 13.8 Å². The number of ketones is 1. The van der Waals surface area contributed by atoms with E-state index >= 15 is 0 Å². The molecule has 80 valence electrons. The van der Waals surface area contributed by atoms with Gasteiger partial charge in [-0.25, -0.2) is 0 Å². The summed E-state index contributed by atoms with van der Waals surface area (Å²) in [6, 6.07) is 0. The standard InChI is InChI=1S/C6H11NO2.C2H6.CH4O/c7-4-2-1-3-6(9)5-8;2*1-2/h5H,1-4,7H2;1-2H3;2H,1H3. The molecule has 13 heavy (non-hydrogen) atoms. The maximum Gasteiger partial charge on any atom is 0.195 e. The Morgan fingerprint density at radius 1 is 1.31 bits per heavy atom. The van der Waals surface area contributed by atoms with Crippen LogP contribution >= 0.6 is 0 Å². The van der Waals surface area contributed by atoms with Crippen molar-refractivity contribution in [1.29, 1.82) is 0 Å². The van der Waals surface area contributed by atoms with Crippen molar-refractivity contribution < 1.29 is 14.7 Å². The molecule has 0 saturated carbocycles. The second-order valence-electron chi connectivity index (χ2n) is 1.83. The van der Waals surface area contributed by atoms with Gasteiger partial charge in [0.05, 0.1) is 0 Å². The van der Waals surface area contributed by atoms with E-state index < -0.39 is 0 Å². The van der Waals surface area contributed by atoms with Crippen LogP contribution in [0.4, 0.5) is 0 Å². The topological polar surface area (TPSA) is 80.4 Å². The number of carbonyl (C=O) groups excluding carboxylic acids is 2. The fraction of sp³-hybridized carbons (Fsp3) is 0.778. The predicted molar refractivity (Wildman–Crippen MR) is 53.5 cm³/mol. The van der Waals surface area contributed by atoms with Crippen molar-refractivity contribution >= 4 is 12.1 Å². The number of unbranched alkanes of at least 4 members (excludes halogenated alkanes) is 1. The van der Waals surface area contributed by atoms with Crippen molar-refractivity contribution in [3.05, 3.63) is 0 Å². The van der Waals surface area contributed by atoms with Crippen LogP contribution in [-0.4, -0.2) is 30.8 Å². The van der Waals surface area contributed by atoms with Gasteiger partial charge in [0.1, 0.15) is 0 Å². The van der Waals surface area contributed by atoms with Crippen LogP contribution < -0.4 is 5.73 Å². The van der Waals surface area contributed by atoms with E-state index in [0.717, 1.165) is 20.0 Å². The third-order valence-electron chi connectivity index (χ3n) is 1.01. The fourth-order valence-corrected chi connectivity index (χ4v) is 0.502. The largest absolute Gasteiger partial charge is 0.400 e. The number of hydrogen-bond donors (Lipinski definition) is 2. The van der Waals surface area contributed by atoms with Crippen LogP contribution in [0.1, 0.15) is 33.1 Å². The lowest BCUT2D eigenvalue weighted by molar-refractivity contribution is -0.129. The van der Waals surface area contributed by atoms with E-state index in [-0.39, 0.29) is 5.78 Å². The molecule has 0 spiro atoms.